The van der Waals surface area contributed by atoms with Crippen molar-refractivity contribution in [2.75, 3.05) is 36.0 Å². The van der Waals surface area contributed by atoms with Gasteiger partial charge in [-0.05, 0) is 51.3 Å². The molecular formula is C31H31F2N3O8. The molecule has 6 rings (SSSR count). The van der Waals surface area contributed by atoms with Crippen LogP contribution in [0.3, 0.4) is 0 Å². The number of aromatic nitrogens is 1. The summed E-state index contributed by atoms with van der Waals surface area (Å²) in [5.41, 5.74) is -0.476. The number of Topliss-reactive ketones (excluding diaryl/α,β-unsaturated/α-hetero) is 1. The Morgan fingerprint density at radius 3 is 2.66 bits per heavy atom. The maximum absolute atomic E-state index is 15.7. The average Bonchev–Trinajstić information content (AvgIpc) is 3.36. The van der Waals surface area contributed by atoms with Crippen LogP contribution in [0, 0.1) is 11.6 Å². The molecule has 3 aliphatic rings. The molecule has 1 aromatic heterocycles. The lowest BCUT2D eigenvalue weighted by molar-refractivity contribution is -0.117. The molecule has 11 nitrogen and oxygen atoms in total. The topological polar surface area (TPSA) is 128 Å². The number of hydrogen-bond acceptors (Lipinski definition) is 8. The van der Waals surface area contributed by atoms with Crippen molar-refractivity contribution in [1.29, 1.82) is 0 Å². The summed E-state index contributed by atoms with van der Waals surface area (Å²) in [6.45, 7) is 4.28. The third-order valence-electron chi connectivity index (χ3n) is 8.28. The number of anilines is 2. The van der Waals surface area contributed by atoms with Gasteiger partial charge in [-0.1, -0.05) is 0 Å². The third kappa shape index (κ3) is 5.31. The van der Waals surface area contributed by atoms with Gasteiger partial charge in [0.15, 0.2) is 23.1 Å². The van der Waals surface area contributed by atoms with Gasteiger partial charge in [-0.2, -0.15) is 0 Å². The highest BCUT2D eigenvalue weighted by Gasteiger charge is 2.34. The lowest BCUT2D eigenvalue weighted by Crippen LogP contribution is -2.42. The fourth-order valence-corrected chi connectivity index (χ4v) is 6.08. The van der Waals surface area contributed by atoms with Gasteiger partial charge in [-0.3, -0.25) is 9.69 Å². The molecule has 1 amide bonds. The van der Waals surface area contributed by atoms with Crippen molar-refractivity contribution in [3.05, 3.63) is 57.9 Å². The van der Waals surface area contributed by atoms with E-state index in [1.807, 2.05) is 6.92 Å². The van der Waals surface area contributed by atoms with E-state index in [2.05, 4.69) is 0 Å². The first-order valence-electron chi connectivity index (χ1n) is 14.5. The van der Waals surface area contributed by atoms with Crippen molar-refractivity contribution in [3.63, 3.8) is 0 Å². The number of ether oxygens (including phenoxy) is 3. The summed E-state index contributed by atoms with van der Waals surface area (Å²) in [6, 6.07) is 4.94. The highest BCUT2D eigenvalue weighted by molar-refractivity contribution is 5.97. The first kappa shape index (κ1) is 29.4. The number of carbonyl (C=O) groups is 3. The van der Waals surface area contributed by atoms with Crippen molar-refractivity contribution in [2.45, 2.75) is 57.8 Å². The van der Waals surface area contributed by atoms with Gasteiger partial charge >= 0.3 is 12.1 Å². The van der Waals surface area contributed by atoms with E-state index in [1.54, 1.807) is 15.5 Å². The smallest absolute Gasteiger partial charge is 0.414 e. The van der Waals surface area contributed by atoms with Crippen LogP contribution in [-0.4, -0.2) is 66.0 Å². The summed E-state index contributed by atoms with van der Waals surface area (Å²) >= 11 is 0. The highest BCUT2D eigenvalue weighted by Crippen LogP contribution is 2.43. The Kier molecular flexibility index (Phi) is 7.64. The van der Waals surface area contributed by atoms with E-state index in [4.69, 9.17) is 14.2 Å². The Morgan fingerprint density at radius 2 is 1.93 bits per heavy atom. The van der Waals surface area contributed by atoms with Gasteiger partial charge in [0.05, 0.1) is 35.7 Å². The third-order valence-corrected chi connectivity index (χ3v) is 8.28. The SMILES string of the molecule is CC(=O)CC[C@H]1CN(c2ccc(OC3CCCN(c4c(F)cc5c(=O)c(C(=O)O)cn6c5c4OCC6C)C3)c(F)c2)C(=O)O1. The van der Waals surface area contributed by atoms with Crippen LogP contribution in [0.1, 0.15) is 55.9 Å². The maximum atomic E-state index is 15.7. The molecule has 2 aromatic carbocycles. The van der Waals surface area contributed by atoms with E-state index in [9.17, 15) is 24.3 Å². The number of aromatic carboxylic acids is 1. The molecule has 0 saturated carbocycles. The number of amides is 1. The second kappa shape index (κ2) is 11.4. The van der Waals surface area contributed by atoms with Gasteiger partial charge in [0.25, 0.3) is 0 Å². The summed E-state index contributed by atoms with van der Waals surface area (Å²) in [4.78, 5) is 51.3. The molecule has 0 spiro atoms. The number of carbonyl (C=O) groups excluding carboxylic acids is 2. The molecule has 232 valence electrons. The Balaban J connectivity index is 1.23. The fourth-order valence-electron chi connectivity index (χ4n) is 6.08. The van der Waals surface area contributed by atoms with E-state index < -0.39 is 46.9 Å². The number of carboxylic acids is 1. The van der Waals surface area contributed by atoms with Crippen molar-refractivity contribution in [1.82, 2.24) is 4.57 Å². The van der Waals surface area contributed by atoms with Gasteiger partial charge in [-0.15, -0.1) is 0 Å². The molecule has 3 aromatic rings. The molecule has 3 aliphatic heterocycles. The number of carboxylic acid groups (broad SMARTS) is 1. The van der Waals surface area contributed by atoms with Crippen LogP contribution in [0.15, 0.2) is 35.3 Å². The molecule has 2 saturated heterocycles. The summed E-state index contributed by atoms with van der Waals surface area (Å²) in [7, 11) is 0. The molecule has 2 unspecified atom stereocenters. The number of rotatable bonds is 8. The normalized spacial score (nSPS) is 21.3. The lowest BCUT2D eigenvalue weighted by atomic mass is 10.0. The largest absolute Gasteiger partial charge is 0.487 e. The molecule has 44 heavy (non-hydrogen) atoms. The minimum Gasteiger partial charge on any atom is -0.487 e. The van der Waals surface area contributed by atoms with Crippen LogP contribution < -0.4 is 24.7 Å². The zero-order valence-corrected chi connectivity index (χ0v) is 24.2. The summed E-state index contributed by atoms with van der Waals surface area (Å²) in [5.74, 6) is -2.68. The molecule has 0 bridgehead atoms. The second-order valence-corrected chi connectivity index (χ2v) is 11.5. The van der Waals surface area contributed by atoms with Crippen LogP contribution in [-0.2, 0) is 9.53 Å². The van der Waals surface area contributed by atoms with Gasteiger partial charge in [-0.25, -0.2) is 18.4 Å². The van der Waals surface area contributed by atoms with Crippen LogP contribution in [0.5, 0.6) is 11.5 Å². The van der Waals surface area contributed by atoms with Gasteiger partial charge in [0, 0.05) is 25.2 Å². The Labute approximate surface area is 250 Å². The number of ketones is 1. The molecule has 13 heteroatoms. The fraction of sp³-hybridized carbons (Fsp3) is 0.419. The summed E-state index contributed by atoms with van der Waals surface area (Å²) in [5, 5.41) is 9.45. The van der Waals surface area contributed by atoms with Gasteiger partial charge < -0.3 is 33.6 Å². The van der Waals surface area contributed by atoms with Crippen LogP contribution >= 0.6 is 0 Å². The van der Waals surface area contributed by atoms with Crippen LogP contribution in [0.4, 0.5) is 25.0 Å². The Hall–Kier alpha value is -4.68. The van der Waals surface area contributed by atoms with E-state index in [-0.39, 0.29) is 60.5 Å². The molecule has 2 fully saturated rings. The molecule has 3 atom stereocenters. The number of halogens is 2. The summed E-state index contributed by atoms with van der Waals surface area (Å²) < 4.78 is 49.8. The van der Waals surface area contributed by atoms with Crippen molar-refractivity contribution in [3.8, 4) is 11.5 Å². The standard InChI is InChI=1S/C31H31F2N3O8/c1-16-15-42-29-26-21(28(38)22(30(39)40)14-35(16)26)11-24(33)27(29)34-9-3-4-19(12-34)43-25-8-6-18(10-23(25)32)36-13-20(44-31(36)41)7-5-17(2)37/h6,8,10-11,14,16,19-20H,3-5,7,9,12-13,15H2,1-2H3,(H,39,40)/t16?,19?,20-/m0/s1. The zero-order valence-electron chi connectivity index (χ0n) is 24.2. The molecule has 4 heterocycles. The minimum absolute atomic E-state index is 0.00666. The molecule has 0 aliphatic carbocycles. The molecule has 1 N–H and O–H groups in total. The average molecular weight is 612 g/mol. The summed E-state index contributed by atoms with van der Waals surface area (Å²) in [6.07, 6.45) is 1.54. The highest BCUT2D eigenvalue weighted by atomic mass is 19.1. The number of nitrogens with zero attached hydrogens (tertiary/aromatic N) is 3. The van der Waals surface area contributed by atoms with E-state index in [0.717, 1.165) is 6.07 Å². The minimum atomic E-state index is -1.39. The van der Waals surface area contributed by atoms with Crippen molar-refractivity contribution in [2.24, 2.45) is 0 Å². The number of pyridine rings is 1. The quantitative estimate of drug-likeness (QED) is 0.387. The Morgan fingerprint density at radius 1 is 1.14 bits per heavy atom. The predicted octanol–water partition coefficient (Wildman–Crippen LogP) is 4.67. The number of benzene rings is 2. The lowest BCUT2D eigenvalue weighted by Gasteiger charge is -2.37. The van der Waals surface area contributed by atoms with Crippen LogP contribution in [0.25, 0.3) is 10.9 Å². The van der Waals surface area contributed by atoms with Crippen molar-refractivity contribution >= 4 is 40.1 Å². The van der Waals surface area contributed by atoms with Gasteiger partial charge in [0.1, 0.15) is 35.8 Å². The second-order valence-electron chi connectivity index (χ2n) is 11.5. The van der Waals surface area contributed by atoms with E-state index in [1.165, 1.54) is 30.2 Å². The first-order valence-corrected chi connectivity index (χ1v) is 14.5. The Bertz CT molecular complexity index is 1740. The number of piperidine rings is 1. The maximum Gasteiger partial charge on any atom is 0.414 e. The number of cyclic esters (lactones) is 1. The number of hydrogen-bond donors (Lipinski definition) is 1. The monoisotopic (exact) mass is 611 g/mol. The van der Waals surface area contributed by atoms with E-state index in [0.29, 0.717) is 37.0 Å². The molecule has 0 radical (unpaired) electrons. The first-order chi connectivity index (χ1) is 21.0. The van der Waals surface area contributed by atoms with E-state index >= 15 is 8.78 Å². The zero-order chi connectivity index (χ0) is 31.3. The predicted molar refractivity (Wildman–Crippen MR) is 155 cm³/mol. The van der Waals surface area contributed by atoms with Crippen LogP contribution in [0.2, 0.25) is 0 Å². The van der Waals surface area contributed by atoms with Crippen molar-refractivity contribution < 1.29 is 42.5 Å². The van der Waals surface area contributed by atoms with Gasteiger partial charge in [0.2, 0.25) is 5.43 Å². The molecular weight excluding hydrogens is 580 g/mol.